The molecule has 2 N–H and O–H groups in total. The Morgan fingerprint density at radius 1 is 1.00 bits per heavy atom. The van der Waals surface area contributed by atoms with E-state index in [0.717, 1.165) is 0 Å². The highest BCUT2D eigenvalue weighted by atomic mass is 16.6. The molecule has 0 amide bonds. The molecule has 0 spiro atoms. The third-order valence-electron chi connectivity index (χ3n) is 1.34. The number of nitrogens with one attached hydrogen (secondary N) is 2. The quantitative estimate of drug-likeness (QED) is 0.638. The molecule has 0 aliphatic rings. The van der Waals surface area contributed by atoms with Crippen LogP contribution in [0.15, 0.2) is 24.8 Å². The van der Waals surface area contributed by atoms with Crippen molar-refractivity contribution in [1.82, 2.24) is 19.9 Å². The maximum Gasteiger partial charge on any atom is 0.580 e. The second-order valence-electron chi connectivity index (χ2n) is 2.20. The average Bonchev–Trinajstić information content (AvgIpc) is 2.75. The number of hydrogen-bond donors (Lipinski definition) is 2. The molecular formula is C6H7BN4O2. The van der Waals surface area contributed by atoms with Gasteiger partial charge in [0.1, 0.15) is 0 Å². The van der Waals surface area contributed by atoms with Gasteiger partial charge in [0.2, 0.25) is 0 Å². The Labute approximate surface area is 74.6 Å². The second kappa shape index (κ2) is 3.66. The summed E-state index contributed by atoms with van der Waals surface area (Å²) in [7, 11) is 0.0705. The van der Waals surface area contributed by atoms with Gasteiger partial charge in [0.15, 0.2) is 0 Å². The van der Waals surface area contributed by atoms with Crippen LogP contribution >= 0.6 is 0 Å². The Morgan fingerprint density at radius 3 is 1.92 bits per heavy atom. The monoisotopic (exact) mass is 178 g/mol. The van der Waals surface area contributed by atoms with Crippen LogP contribution < -0.4 is 9.31 Å². The molecule has 0 fully saturated rings. The first kappa shape index (κ1) is 7.72. The van der Waals surface area contributed by atoms with Crippen LogP contribution in [-0.4, -0.2) is 27.6 Å². The molecule has 6 nitrogen and oxygen atoms in total. The molecule has 0 aliphatic heterocycles. The van der Waals surface area contributed by atoms with E-state index in [2.05, 4.69) is 19.9 Å². The van der Waals surface area contributed by atoms with Crippen LogP contribution in [-0.2, 0) is 0 Å². The molecule has 2 aromatic heterocycles. The van der Waals surface area contributed by atoms with Gasteiger partial charge in [0.25, 0.3) is 12.0 Å². The van der Waals surface area contributed by atoms with Crippen LogP contribution in [0.2, 0.25) is 0 Å². The van der Waals surface area contributed by atoms with E-state index in [4.69, 9.17) is 9.31 Å². The molecule has 2 heterocycles. The third kappa shape index (κ3) is 2.02. The molecule has 0 saturated carbocycles. The van der Waals surface area contributed by atoms with E-state index in [1.54, 1.807) is 24.8 Å². The van der Waals surface area contributed by atoms with E-state index in [9.17, 15) is 0 Å². The standard InChI is InChI=1S/C6H7BN4O2/c1-2-9-5(8-1)12-7-13-6-10-3-4-11-6/h1-4,7H,(H,8,9)(H,10,11). The Kier molecular flexibility index (Phi) is 2.17. The van der Waals surface area contributed by atoms with Crippen molar-refractivity contribution in [2.45, 2.75) is 0 Å². The minimum absolute atomic E-state index is 0.0705. The van der Waals surface area contributed by atoms with Gasteiger partial charge in [-0.1, -0.05) is 0 Å². The number of H-pyrrole nitrogens is 2. The van der Waals surface area contributed by atoms with Crippen molar-refractivity contribution in [3.05, 3.63) is 24.8 Å². The highest BCUT2D eigenvalue weighted by Crippen LogP contribution is 2.00. The molecular weight excluding hydrogens is 171 g/mol. The summed E-state index contributed by atoms with van der Waals surface area (Å²) in [4.78, 5) is 13.2. The largest absolute Gasteiger partial charge is 0.580 e. The maximum absolute atomic E-state index is 5.07. The topological polar surface area (TPSA) is 75.8 Å². The van der Waals surface area contributed by atoms with Crippen molar-refractivity contribution in [3.8, 4) is 12.0 Å². The van der Waals surface area contributed by atoms with Gasteiger partial charge >= 0.3 is 7.69 Å². The van der Waals surface area contributed by atoms with E-state index < -0.39 is 0 Å². The molecule has 0 aliphatic carbocycles. The van der Waals surface area contributed by atoms with Gasteiger partial charge in [-0.15, -0.1) is 0 Å². The van der Waals surface area contributed by atoms with Gasteiger partial charge in [-0.25, -0.2) is 9.97 Å². The minimum Gasteiger partial charge on any atom is -0.501 e. The van der Waals surface area contributed by atoms with E-state index >= 15 is 0 Å². The zero-order valence-corrected chi connectivity index (χ0v) is 6.73. The summed E-state index contributed by atoms with van der Waals surface area (Å²) < 4.78 is 10.1. The zero-order valence-electron chi connectivity index (χ0n) is 6.73. The van der Waals surface area contributed by atoms with Crippen LogP contribution in [0.4, 0.5) is 0 Å². The summed E-state index contributed by atoms with van der Waals surface area (Å²) in [6.45, 7) is 0. The molecule has 0 atom stereocenters. The molecule has 2 aromatic rings. The van der Waals surface area contributed by atoms with E-state index in [0.29, 0.717) is 12.0 Å². The highest BCUT2D eigenvalue weighted by Gasteiger charge is 2.00. The molecule has 0 unspecified atom stereocenters. The van der Waals surface area contributed by atoms with Crippen molar-refractivity contribution >= 4 is 7.69 Å². The van der Waals surface area contributed by atoms with Gasteiger partial charge in [0.05, 0.1) is 0 Å². The zero-order chi connectivity index (χ0) is 8.93. The minimum atomic E-state index is 0.0705. The molecule has 0 bridgehead atoms. The van der Waals surface area contributed by atoms with E-state index in [1.807, 2.05) is 0 Å². The van der Waals surface area contributed by atoms with Crippen molar-refractivity contribution in [2.24, 2.45) is 0 Å². The predicted molar refractivity (Wildman–Crippen MR) is 45.6 cm³/mol. The van der Waals surface area contributed by atoms with Gasteiger partial charge in [-0.2, -0.15) is 0 Å². The Bertz CT molecular complexity index is 299. The van der Waals surface area contributed by atoms with Crippen molar-refractivity contribution in [3.63, 3.8) is 0 Å². The van der Waals surface area contributed by atoms with Crippen LogP contribution in [0.1, 0.15) is 0 Å². The van der Waals surface area contributed by atoms with Gasteiger partial charge in [0, 0.05) is 24.8 Å². The predicted octanol–water partition coefficient (Wildman–Crippen LogP) is -0.143. The highest BCUT2D eigenvalue weighted by molar-refractivity contribution is 6.20. The Morgan fingerprint density at radius 2 is 1.54 bits per heavy atom. The summed E-state index contributed by atoms with van der Waals surface area (Å²) in [6.07, 6.45) is 6.54. The first-order chi connectivity index (χ1) is 6.45. The Balaban J connectivity index is 1.76. The lowest BCUT2D eigenvalue weighted by Gasteiger charge is -2.00. The average molecular weight is 178 g/mol. The van der Waals surface area contributed by atoms with Crippen LogP contribution in [0, 0.1) is 0 Å². The molecule has 66 valence electrons. The van der Waals surface area contributed by atoms with Gasteiger partial charge < -0.3 is 19.3 Å². The van der Waals surface area contributed by atoms with Crippen LogP contribution in [0.5, 0.6) is 12.0 Å². The fourth-order valence-electron chi connectivity index (χ4n) is 0.801. The fourth-order valence-corrected chi connectivity index (χ4v) is 0.801. The number of imidazole rings is 2. The van der Waals surface area contributed by atoms with E-state index in [1.165, 1.54) is 0 Å². The number of aromatic nitrogens is 4. The third-order valence-corrected chi connectivity index (χ3v) is 1.34. The fraction of sp³-hybridized carbons (Fsp3) is 0. The maximum atomic E-state index is 5.07. The number of hydrogen-bond acceptors (Lipinski definition) is 4. The molecule has 13 heavy (non-hydrogen) atoms. The lowest BCUT2D eigenvalue weighted by atomic mass is 10.4. The molecule has 0 saturated heterocycles. The van der Waals surface area contributed by atoms with Crippen molar-refractivity contribution in [2.75, 3.05) is 0 Å². The summed E-state index contributed by atoms with van der Waals surface area (Å²) >= 11 is 0. The number of aromatic amines is 2. The molecule has 2 rings (SSSR count). The Hall–Kier alpha value is -1.92. The van der Waals surface area contributed by atoms with Crippen molar-refractivity contribution < 1.29 is 9.31 Å². The van der Waals surface area contributed by atoms with Crippen molar-refractivity contribution in [1.29, 1.82) is 0 Å². The van der Waals surface area contributed by atoms with Crippen LogP contribution in [0.3, 0.4) is 0 Å². The lowest BCUT2D eigenvalue weighted by Crippen LogP contribution is -2.12. The van der Waals surface area contributed by atoms with Gasteiger partial charge in [-0.05, 0) is 0 Å². The molecule has 7 heteroatoms. The SMILES string of the molecule is B(Oc1ncc[nH]1)Oc1ncc[nH]1. The number of rotatable bonds is 4. The van der Waals surface area contributed by atoms with E-state index in [-0.39, 0.29) is 7.69 Å². The molecule has 0 aromatic carbocycles. The van der Waals surface area contributed by atoms with Gasteiger partial charge in [-0.3, -0.25) is 0 Å². The first-order valence-electron chi connectivity index (χ1n) is 3.69. The second-order valence-corrected chi connectivity index (χ2v) is 2.20. The van der Waals surface area contributed by atoms with Crippen LogP contribution in [0.25, 0.3) is 0 Å². The number of nitrogens with zero attached hydrogens (tertiary/aromatic N) is 2. The normalized spacial score (nSPS) is 9.54. The molecule has 0 radical (unpaired) electrons. The summed E-state index contributed by atoms with van der Waals surface area (Å²) in [5.74, 6) is 0. The lowest BCUT2D eigenvalue weighted by molar-refractivity contribution is 0.423. The summed E-state index contributed by atoms with van der Waals surface area (Å²) in [5.41, 5.74) is 0. The summed E-state index contributed by atoms with van der Waals surface area (Å²) in [5, 5.41) is 0. The summed E-state index contributed by atoms with van der Waals surface area (Å²) in [6, 6.07) is 0.845. The first-order valence-corrected chi connectivity index (χ1v) is 3.69. The smallest absolute Gasteiger partial charge is 0.501 e.